The van der Waals surface area contributed by atoms with Crippen molar-refractivity contribution in [3.63, 3.8) is 0 Å². The van der Waals surface area contributed by atoms with Gasteiger partial charge >= 0.3 is 0 Å². The van der Waals surface area contributed by atoms with Gasteiger partial charge in [0.25, 0.3) is 0 Å². The van der Waals surface area contributed by atoms with E-state index in [2.05, 4.69) is 108 Å². The van der Waals surface area contributed by atoms with Crippen molar-refractivity contribution in [2.45, 2.75) is 6.85 Å². The number of aromatic nitrogens is 12. The molecule has 0 spiro atoms. The maximum atomic E-state index is 7.23. The van der Waals surface area contributed by atoms with E-state index in [1.165, 1.54) is 6.20 Å². The zero-order valence-corrected chi connectivity index (χ0v) is 77.6. The Bertz CT molecular complexity index is 6770. The predicted octanol–water partition coefficient (Wildman–Crippen LogP) is 25.9. The number of para-hydroxylation sites is 2. The van der Waals surface area contributed by atoms with Gasteiger partial charge in [-0.15, -0.1) is 185 Å². The van der Waals surface area contributed by atoms with Gasteiger partial charge in [-0.25, -0.2) is 9.97 Å². The molecular weight excluding hydrogens is 2310 g/mol. The molecule has 0 fully saturated rings. The van der Waals surface area contributed by atoms with Crippen LogP contribution in [0.2, 0.25) is 0 Å². The molecule has 0 saturated heterocycles. The first-order valence-corrected chi connectivity index (χ1v) is 39.7. The average Bonchev–Trinajstić information content (AvgIpc) is 1.65. The molecule has 16 heterocycles. The summed E-state index contributed by atoms with van der Waals surface area (Å²) in [5, 5.41) is 6.09. The van der Waals surface area contributed by atoms with Gasteiger partial charge in [0.2, 0.25) is 5.71 Å². The molecule has 4 radical (unpaired) electrons. The quantitative estimate of drug-likeness (QED) is 0.130. The van der Waals surface area contributed by atoms with E-state index in [4.69, 9.17) is 21.8 Å². The van der Waals surface area contributed by atoms with E-state index in [9.17, 15) is 0 Å². The van der Waals surface area contributed by atoms with Crippen molar-refractivity contribution < 1.29 is 102 Å². The third kappa shape index (κ3) is 23.7. The van der Waals surface area contributed by atoms with Crippen LogP contribution in [0.15, 0.2) is 425 Å². The fraction of sp³-hybridized carbons (Fsp3) is 0.00917. The summed E-state index contributed by atoms with van der Waals surface area (Å²) in [7, 11) is 0. The number of aryl methyl sites for hydroxylation is 1. The molecule has 16 nitrogen and oxygen atoms in total. The summed E-state index contributed by atoms with van der Waals surface area (Å²) in [5.41, 5.74) is 22.6. The van der Waals surface area contributed by atoms with E-state index in [0.717, 1.165) is 161 Å². The molecule has 0 N–H and O–H groups in total. The number of nitrogens with zero attached hydrogens (tertiary/aromatic N) is 12. The Morgan fingerprint density at radius 3 is 1.10 bits per heavy atom. The maximum absolute atomic E-state index is 7.23. The van der Waals surface area contributed by atoms with Crippen molar-refractivity contribution >= 4 is 88.3 Å². The minimum absolute atomic E-state index is 0. The van der Waals surface area contributed by atoms with Gasteiger partial charge in [0, 0.05) is 163 Å². The molecule has 24 aromatic rings. The first kappa shape index (κ1) is 87.8. The van der Waals surface area contributed by atoms with Crippen molar-refractivity contribution in [3.8, 4) is 90.2 Å². The molecule has 24 rings (SSSR count). The molecule has 8 aromatic carbocycles. The molecule has 0 saturated carbocycles. The van der Waals surface area contributed by atoms with Crippen molar-refractivity contribution in [3.05, 3.63) is 462 Å². The summed E-state index contributed by atoms with van der Waals surface area (Å²) >= 11 is 0. The SMILES string of the molecule is [2H]C([2H])([2H])c1ccc(-c2[c-]cccc2)nc1.[Ir].[Ir].[Ir].[Ir].[c-]1cc2c(cc1-c1ccccn1)oc1cccnc12.[c-]1cc2c(cc1-c1ccccn1)oc1ncccc12.[c-]1cc2c(nc1-c1ccccn1)oc1ccccc12.[c-]1ccccc1-c1ccccn1.[c-]1ccccc1-c1ccccn1.[c-]1ccccc1-c1ccccn1.[c-]1nc2c(cc1-c1ccccn1)oc1ccccc12. The second-order valence-corrected chi connectivity index (χ2v) is 27.4. The third-order valence-electron chi connectivity index (χ3n) is 19.1. The van der Waals surface area contributed by atoms with Crippen LogP contribution in [0.5, 0.6) is 0 Å². The summed E-state index contributed by atoms with van der Waals surface area (Å²) < 4.78 is 44.8. The van der Waals surface area contributed by atoms with Gasteiger partial charge in [0.05, 0.1) is 22.3 Å². The first-order chi connectivity index (χ1) is 63.1. The van der Waals surface area contributed by atoms with Gasteiger partial charge in [-0.1, -0.05) is 168 Å². The summed E-state index contributed by atoms with van der Waals surface area (Å²) in [6, 6.07) is 132. The van der Waals surface area contributed by atoms with Crippen molar-refractivity contribution in [2.24, 2.45) is 0 Å². The van der Waals surface area contributed by atoms with Crippen LogP contribution in [-0.2, 0) is 80.4 Å². The standard InChI is InChI=1S/4C16H9N2O.C12H10N.3C11H8N.4Ir/c1-2-8-17-14(5-1)11-6-7-12-13-4-3-9-18-16(13)19-15(12)10-11;1-2-7-15-11(5-1)12-8-9-14(18-16(12)19-15)13-6-3-4-10-17-13;1-2-7-14-12(5-1)16-15(19-14)9-11(10-18-16)13-6-3-4-8-17-13;1-2-8-17-13(4-1)11-6-7-12-15(10-11)19-14-5-3-9-18-16(12)14;1-10-7-8-12(13-9-10)11-5-3-2-4-6-11;3*1-2-6-10(7-3-1)11-8-4-5-9-12-11;;;;/h1-5,7-10H;1-8,10H;1-9H;1-5,7-10H;2-5,7-9H,1H3;3*1-6,8-9H;;;;/q8*-1;;;;/i;;;;1D3;;;;;;;. The van der Waals surface area contributed by atoms with Gasteiger partial charge in [-0.2, -0.15) is 12.1 Å². The zero-order chi connectivity index (χ0) is 86.9. The van der Waals surface area contributed by atoms with Gasteiger partial charge in [0.15, 0.2) is 5.71 Å². The van der Waals surface area contributed by atoms with E-state index in [-0.39, 0.29) is 86.0 Å². The summed E-state index contributed by atoms with van der Waals surface area (Å²) in [5.74, 6) is 0. The molecule has 16 aromatic heterocycles. The Morgan fingerprint density at radius 2 is 0.620 bits per heavy atom. The molecule has 0 bridgehead atoms. The van der Waals surface area contributed by atoms with Crippen molar-refractivity contribution in [2.75, 3.05) is 0 Å². The van der Waals surface area contributed by atoms with Gasteiger partial charge in [0.1, 0.15) is 16.7 Å². The van der Waals surface area contributed by atoms with Crippen LogP contribution in [0, 0.1) is 55.5 Å². The first-order valence-electron chi connectivity index (χ1n) is 41.2. The molecule has 20 heteroatoms. The van der Waals surface area contributed by atoms with Crippen LogP contribution in [0.4, 0.5) is 0 Å². The Kier molecular flexibility index (Phi) is 31.7. The summed E-state index contributed by atoms with van der Waals surface area (Å²) in [4.78, 5) is 51.4. The fourth-order valence-electron chi connectivity index (χ4n) is 13.1. The third-order valence-corrected chi connectivity index (χ3v) is 19.1. The van der Waals surface area contributed by atoms with E-state index < -0.39 is 6.85 Å². The van der Waals surface area contributed by atoms with Crippen LogP contribution in [-0.4, -0.2) is 59.8 Å². The molecule has 0 atom stereocenters. The molecule has 0 aliphatic carbocycles. The van der Waals surface area contributed by atoms with E-state index >= 15 is 0 Å². The summed E-state index contributed by atoms with van der Waals surface area (Å²) in [6.07, 6.45) is 20.3. The summed E-state index contributed by atoms with van der Waals surface area (Å²) in [6.45, 7) is -2.09. The van der Waals surface area contributed by atoms with E-state index in [1.54, 1.807) is 74.0 Å². The van der Waals surface area contributed by atoms with Crippen LogP contribution in [0.1, 0.15) is 9.68 Å². The van der Waals surface area contributed by atoms with Crippen LogP contribution >= 0.6 is 0 Å². The minimum Gasteiger partial charge on any atom is -0.475 e. The van der Waals surface area contributed by atoms with Gasteiger partial charge in [-0.3, -0.25) is 4.98 Å². The number of hydrogen-bond acceptors (Lipinski definition) is 16. The Balaban J connectivity index is 0.000000129. The predicted molar refractivity (Wildman–Crippen MR) is 493 cm³/mol. The maximum Gasteiger partial charge on any atom is 0.215 e. The number of rotatable bonds is 8. The van der Waals surface area contributed by atoms with Crippen LogP contribution in [0.25, 0.3) is 178 Å². The molecule has 0 aliphatic heterocycles. The molecular formula is C109H70Ir4N12O4-8. The molecule has 129 heavy (non-hydrogen) atoms. The van der Waals surface area contributed by atoms with Crippen molar-refractivity contribution in [1.82, 2.24) is 59.8 Å². The van der Waals surface area contributed by atoms with Crippen LogP contribution in [0.3, 0.4) is 0 Å². The number of hydrogen-bond donors (Lipinski definition) is 0. The molecule has 0 unspecified atom stereocenters. The number of fused-ring (bicyclic) bond motifs is 12. The Morgan fingerprint density at radius 1 is 0.240 bits per heavy atom. The number of pyridine rings is 12. The number of benzene rings is 8. The molecule has 0 amide bonds. The topological polar surface area (TPSA) is 207 Å². The Hall–Kier alpha value is -14.6. The average molecular weight is 2380 g/mol. The second-order valence-electron chi connectivity index (χ2n) is 27.4. The smallest absolute Gasteiger partial charge is 0.215 e. The van der Waals surface area contributed by atoms with Gasteiger partial charge < -0.3 is 62.5 Å². The van der Waals surface area contributed by atoms with Crippen molar-refractivity contribution in [1.29, 1.82) is 0 Å². The molecule has 0 aliphatic rings. The normalized spacial score (nSPS) is 10.7. The largest absolute Gasteiger partial charge is 0.475 e. The number of furan rings is 4. The fourth-order valence-corrected chi connectivity index (χ4v) is 13.1. The van der Waals surface area contributed by atoms with Crippen LogP contribution < -0.4 is 0 Å². The van der Waals surface area contributed by atoms with Gasteiger partial charge in [-0.05, 0) is 153 Å². The monoisotopic (exact) mass is 2390 g/mol. The van der Waals surface area contributed by atoms with E-state index in [1.807, 2.05) is 328 Å². The molecule has 634 valence electrons. The minimum atomic E-state index is -2.09. The zero-order valence-electron chi connectivity index (χ0n) is 71.0. The Labute approximate surface area is 802 Å². The second kappa shape index (κ2) is 46.5. The van der Waals surface area contributed by atoms with E-state index in [0.29, 0.717) is 17.1 Å².